The standard InChI is InChI=1S/C23H28O2.C23H26O2.C23H28O.C23H30O/c1-11-9-19(10-12(2)13(11)3)22-18(8)21(24)20-16(6)14(4)15(5)17(7)23(20)25-22;1-11-9-19(10-12(2)13(11)3)21-18(8)25-23-17(7)15(5)14(4)16(6)20(23)22(21)24;1-12-9-20(10-13(2)14(12)3)22-11-21-17(6)15(4)16(5)18(7)23(21)24-19(22)8;1-12-9-20(10-13(2)15(12)4)22-14(3)11-21-18(7)16(5)17(6)19(8)23(21)24-22/h9-10,18,22H,1-8H3;9-10H,1-8H3;9-10H,11H2,1-8H3;9-10,14,22H,11H2,1-8H3. The molecule has 0 N–H and O–H groups in total. The molecule has 4 unspecified atom stereocenters. The highest BCUT2D eigenvalue weighted by atomic mass is 16.5. The molecule has 12 rings (SSSR count). The van der Waals surface area contributed by atoms with Crippen LogP contribution >= 0.6 is 0 Å². The second kappa shape index (κ2) is 28.2. The minimum Gasteiger partial charge on any atom is -0.485 e. The van der Waals surface area contributed by atoms with Gasteiger partial charge in [-0.2, -0.15) is 0 Å². The molecule has 516 valence electrons. The summed E-state index contributed by atoms with van der Waals surface area (Å²) in [6, 6.07) is 17.8. The van der Waals surface area contributed by atoms with Crippen molar-refractivity contribution in [3.63, 3.8) is 0 Å². The van der Waals surface area contributed by atoms with Crippen LogP contribution in [0.15, 0.2) is 63.5 Å². The molecule has 6 nitrogen and oxygen atoms in total. The highest BCUT2D eigenvalue weighted by molar-refractivity contribution is 6.04. The molecule has 0 spiro atoms. The highest BCUT2D eigenvalue weighted by Crippen LogP contribution is 2.48. The monoisotopic (exact) mass is 1310 g/mol. The second-order valence-electron chi connectivity index (χ2n) is 30.1. The Morgan fingerprint density at radius 2 is 0.704 bits per heavy atom. The molecule has 9 aromatic rings. The molecule has 0 fully saturated rings. The number of carbonyl (C=O) groups excluding carboxylic acids is 1. The van der Waals surface area contributed by atoms with Crippen molar-refractivity contribution in [3.05, 3.63) is 259 Å². The number of hydrogen-bond donors (Lipinski definition) is 0. The van der Waals surface area contributed by atoms with E-state index in [1.807, 2.05) is 34.6 Å². The van der Waals surface area contributed by atoms with Gasteiger partial charge in [0.05, 0.1) is 22.4 Å². The van der Waals surface area contributed by atoms with Gasteiger partial charge < -0.3 is 18.6 Å². The van der Waals surface area contributed by atoms with Crippen LogP contribution in [0.5, 0.6) is 17.2 Å². The van der Waals surface area contributed by atoms with Crippen LogP contribution in [-0.2, 0) is 12.8 Å². The van der Waals surface area contributed by atoms with E-state index in [0.717, 1.165) is 85.8 Å². The first kappa shape index (κ1) is 74.0. The summed E-state index contributed by atoms with van der Waals surface area (Å²) in [4.78, 5) is 26.6. The molecule has 4 heterocycles. The Morgan fingerprint density at radius 3 is 1.18 bits per heavy atom. The number of rotatable bonds is 4. The zero-order chi connectivity index (χ0) is 72.8. The molecule has 6 heteroatoms. The summed E-state index contributed by atoms with van der Waals surface area (Å²) in [6.07, 6.45) is 1.98. The first-order valence-electron chi connectivity index (χ1n) is 35.6. The van der Waals surface area contributed by atoms with E-state index < -0.39 is 0 Å². The maximum Gasteiger partial charge on any atom is 0.201 e. The van der Waals surface area contributed by atoms with Gasteiger partial charge in [-0.15, -0.1) is 0 Å². The number of aryl methyl sites for hydroxylation is 11. The summed E-state index contributed by atoms with van der Waals surface area (Å²) in [5.41, 5.74) is 46.6. The summed E-state index contributed by atoms with van der Waals surface area (Å²) in [6.45, 7) is 68.5. The van der Waals surface area contributed by atoms with E-state index in [9.17, 15) is 9.59 Å². The van der Waals surface area contributed by atoms with Crippen molar-refractivity contribution in [2.45, 2.75) is 247 Å². The van der Waals surface area contributed by atoms with Gasteiger partial charge in [-0.05, 0) is 398 Å². The minimum absolute atomic E-state index is 0.0742. The molecule has 0 saturated carbocycles. The van der Waals surface area contributed by atoms with Crippen LogP contribution in [0.1, 0.15) is 233 Å². The van der Waals surface area contributed by atoms with E-state index in [4.69, 9.17) is 18.6 Å². The van der Waals surface area contributed by atoms with Crippen molar-refractivity contribution in [1.82, 2.24) is 0 Å². The predicted octanol–water partition coefficient (Wildman–Crippen LogP) is 24.1. The van der Waals surface area contributed by atoms with Crippen LogP contribution in [0.25, 0.3) is 27.7 Å². The molecule has 0 amide bonds. The maximum atomic E-state index is 13.4. The summed E-state index contributed by atoms with van der Waals surface area (Å²) in [7, 11) is 0. The van der Waals surface area contributed by atoms with Crippen LogP contribution in [-0.4, -0.2) is 5.78 Å². The minimum atomic E-state index is -0.224. The lowest BCUT2D eigenvalue weighted by Gasteiger charge is -2.35. The second-order valence-corrected chi connectivity index (χ2v) is 30.1. The number of allylic oxidation sites excluding steroid dienone is 2. The number of hydrogen-bond acceptors (Lipinski definition) is 6. The van der Waals surface area contributed by atoms with Crippen LogP contribution in [0, 0.1) is 213 Å². The van der Waals surface area contributed by atoms with Gasteiger partial charge in [0.2, 0.25) is 5.43 Å². The number of carbonyl (C=O) groups is 1. The van der Waals surface area contributed by atoms with E-state index in [0.29, 0.717) is 17.2 Å². The molecular weight excluding hydrogens is 1200 g/mol. The highest BCUT2D eigenvalue weighted by Gasteiger charge is 2.39. The van der Waals surface area contributed by atoms with Gasteiger partial charge in [0.25, 0.3) is 0 Å². The lowest BCUT2D eigenvalue weighted by Crippen LogP contribution is -2.31. The molecule has 0 radical (unpaired) electrons. The normalized spacial score (nSPS) is 16.1. The average molecular weight is 1310 g/mol. The fourth-order valence-electron chi connectivity index (χ4n) is 15.4. The van der Waals surface area contributed by atoms with Crippen molar-refractivity contribution in [2.24, 2.45) is 11.8 Å². The Morgan fingerprint density at radius 1 is 0.337 bits per heavy atom. The third-order valence-corrected chi connectivity index (χ3v) is 24.6. The van der Waals surface area contributed by atoms with Gasteiger partial charge in [-0.1, -0.05) is 62.4 Å². The fourth-order valence-corrected chi connectivity index (χ4v) is 15.4. The summed E-state index contributed by atoms with van der Waals surface area (Å²) >= 11 is 0. The summed E-state index contributed by atoms with van der Waals surface area (Å²) in [5.74, 6) is 5.22. The van der Waals surface area contributed by atoms with Gasteiger partial charge in [0.15, 0.2) is 5.78 Å². The van der Waals surface area contributed by atoms with Gasteiger partial charge in [-0.25, -0.2) is 0 Å². The summed E-state index contributed by atoms with van der Waals surface area (Å²) in [5, 5.41) is 0.720. The number of fused-ring (bicyclic) bond motifs is 4. The van der Waals surface area contributed by atoms with Crippen molar-refractivity contribution < 1.29 is 23.4 Å². The fraction of sp³-hybridized carbons (Fsp3) is 0.413. The van der Waals surface area contributed by atoms with Gasteiger partial charge >= 0.3 is 0 Å². The quantitative estimate of drug-likeness (QED) is 0.175. The Balaban J connectivity index is 0.000000153. The third-order valence-electron chi connectivity index (χ3n) is 24.6. The molecule has 0 bridgehead atoms. The van der Waals surface area contributed by atoms with Gasteiger partial charge in [0, 0.05) is 23.5 Å². The van der Waals surface area contributed by atoms with E-state index in [1.54, 1.807) is 0 Å². The van der Waals surface area contributed by atoms with Crippen molar-refractivity contribution in [2.75, 3.05) is 0 Å². The molecular formula is C92H112O6. The third kappa shape index (κ3) is 13.2. The molecule has 98 heavy (non-hydrogen) atoms. The van der Waals surface area contributed by atoms with E-state index in [-0.39, 0.29) is 29.3 Å². The Kier molecular flexibility index (Phi) is 21.3. The van der Waals surface area contributed by atoms with Gasteiger partial charge in [-0.3, -0.25) is 9.59 Å². The van der Waals surface area contributed by atoms with Crippen LogP contribution in [0.3, 0.4) is 0 Å². The topological polar surface area (TPSA) is 75.0 Å². The molecule has 1 aromatic heterocycles. The van der Waals surface area contributed by atoms with Crippen LogP contribution < -0.4 is 19.6 Å². The Bertz CT molecular complexity index is 4800. The van der Waals surface area contributed by atoms with Crippen molar-refractivity contribution >= 4 is 22.3 Å². The Hall–Kier alpha value is -8.22. The largest absolute Gasteiger partial charge is 0.485 e. The molecule has 0 saturated heterocycles. The van der Waals surface area contributed by atoms with Crippen molar-refractivity contribution in [1.29, 1.82) is 0 Å². The van der Waals surface area contributed by atoms with Crippen molar-refractivity contribution in [3.8, 4) is 28.4 Å². The van der Waals surface area contributed by atoms with Gasteiger partial charge in [0.1, 0.15) is 46.6 Å². The maximum absolute atomic E-state index is 13.4. The van der Waals surface area contributed by atoms with Crippen LogP contribution in [0.2, 0.25) is 0 Å². The first-order chi connectivity index (χ1) is 45.7. The van der Waals surface area contributed by atoms with E-state index in [1.165, 1.54) is 161 Å². The predicted molar refractivity (Wildman–Crippen MR) is 414 cm³/mol. The number of ketones is 1. The Labute approximate surface area is 588 Å². The molecule has 3 aliphatic rings. The zero-order valence-electron chi connectivity index (χ0n) is 65.8. The lowest BCUT2D eigenvalue weighted by molar-refractivity contribution is 0.0685. The molecule has 3 aliphatic heterocycles. The van der Waals surface area contributed by atoms with E-state index >= 15 is 0 Å². The lowest BCUT2D eigenvalue weighted by atomic mass is 9.81. The SMILES string of the molecule is CC1=C(c2cc(C)c(C)c(C)c2)Cc2c(C)c(C)c(C)c(C)c2O1.Cc1cc(-c2c(C)oc3c(C)c(C)c(C)c(C)c3c2=O)cc(C)c1C.Cc1cc(C2Oc3c(C)c(C)c(C)c(C)c3C(=O)C2C)cc(C)c1C.Cc1cc(C2Oc3c(C)c(C)c(C)c(C)c3CC2C)cc(C)c1C. The molecule has 4 atom stereocenters. The summed E-state index contributed by atoms with van der Waals surface area (Å²) < 4.78 is 25.6. The molecule has 8 aromatic carbocycles. The number of ether oxygens (including phenoxy) is 3. The molecule has 0 aliphatic carbocycles. The first-order valence-corrected chi connectivity index (χ1v) is 35.6. The number of Topliss-reactive ketones (excluding diaryl/α,β-unsaturated/α-hetero) is 1. The van der Waals surface area contributed by atoms with E-state index in [2.05, 4.69) is 235 Å². The van der Waals surface area contributed by atoms with Crippen LogP contribution in [0.4, 0.5) is 0 Å². The smallest absolute Gasteiger partial charge is 0.201 e. The zero-order valence-corrected chi connectivity index (χ0v) is 65.8. The average Bonchev–Trinajstić information content (AvgIpc) is 0.764. The number of benzene rings is 8.